The molecule has 0 aromatic heterocycles. The van der Waals surface area contributed by atoms with Gasteiger partial charge in [-0.3, -0.25) is 4.55 Å². The number of hydrogen-bond donors (Lipinski definition) is 1. The van der Waals surface area contributed by atoms with Gasteiger partial charge < -0.3 is 0 Å². The molecule has 0 heterocycles. The van der Waals surface area contributed by atoms with Crippen LogP contribution in [0.3, 0.4) is 0 Å². The highest BCUT2D eigenvalue weighted by Crippen LogP contribution is 2.40. The van der Waals surface area contributed by atoms with Gasteiger partial charge in [0.15, 0.2) is 0 Å². The Morgan fingerprint density at radius 2 is 0.917 bits per heavy atom. The normalized spacial score (nSPS) is 12.0. The first kappa shape index (κ1) is 16.4. The molecule has 0 fully saturated rings. The third kappa shape index (κ3) is 3.25. The molecule has 0 aliphatic rings. The number of hydrogen-bond acceptors (Lipinski definition) is 2. The van der Waals surface area contributed by atoms with E-state index in [1.54, 1.807) is 0 Å². The zero-order chi connectivity index (χ0) is 17.0. The summed E-state index contributed by atoms with van der Waals surface area (Å²) in [5, 5.41) is 0. The first-order valence-electron chi connectivity index (χ1n) is 7.64. The minimum Gasteiger partial charge on any atom is -0.285 e. The standard InChI is InChI=1S/C20H18O3S/c21-24(22,23)16-20(17-10-4-1-5-11-17,18-12-6-2-7-13-18)19-14-8-3-9-15-19/h1-15H,16H2,(H,21,22,23). The summed E-state index contributed by atoms with van der Waals surface area (Å²) in [6.07, 6.45) is 0. The van der Waals surface area contributed by atoms with E-state index in [0.29, 0.717) is 0 Å². The van der Waals surface area contributed by atoms with Crippen LogP contribution >= 0.6 is 0 Å². The summed E-state index contributed by atoms with van der Waals surface area (Å²) in [5.74, 6) is -0.419. The lowest BCUT2D eigenvalue weighted by Gasteiger charge is -2.34. The average molecular weight is 338 g/mol. The second-order valence-corrected chi connectivity index (χ2v) is 7.18. The molecule has 0 aliphatic carbocycles. The molecule has 4 heteroatoms. The van der Waals surface area contributed by atoms with Gasteiger partial charge in [0.1, 0.15) is 0 Å². The summed E-state index contributed by atoms with van der Waals surface area (Å²) < 4.78 is 33.6. The van der Waals surface area contributed by atoms with E-state index in [4.69, 9.17) is 0 Å². The molecule has 0 radical (unpaired) electrons. The van der Waals surface area contributed by atoms with Gasteiger partial charge in [0.2, 0.25) is 0 Å². The van der Waals surface area contributed by atoms with Crippen LogP contribution in [0.15, 0.2) is 91.0 Å². The highest BCUT2D eigenvalue weighted by Gasteiger charge is 2.40. The van der Waals surface area contributed by atoms with Crippen molar-refractivity contribution in [2.45, 2.75) is 5.41 Å². The van der Waals surface area contributed by atoms with Crippen LogP contribution in [0.4, 0.5) is 0 Å². The summed E-state index contributed by atoms with van der Waals surface area (Å²) in [7, 11) is -4.23. The Hall–Kier alpha value is -2.43. The molecular weight excluding hydrogens is 320 g/mol. The van der Waals surface area contributed by atoms with Crippen LogP contribution in [0.2, 0.25) is 0 Å². The monoisotopic (exact) mass is 338 g/mol. The van der Waals surface area contributed by atoms with Gasteiger partial charge in [-0.15, -0.1) is 0 Å². The molecule has 0 aliphatic heterocycles. The van der Waals surface area contributed by atoms with Gasteiger partial charge in [0.25, 0.3) is 10.1 Å². The Kier molecular flexibility index (Phi) is 4.51. The minimum absolute atomic E-state index is 0.419. The molecule has 0 saturated carbocycles. The molecule has 3 aromatic carbocycles. The molecule has 0 spiro atoms. The first-order chi connectivity index (χ1) is 11.5. The largest absolute Gasteiger partial charge is 0.285 e. The Morgan fingerprint density at radius 3 is 1.17 bits per heavy atom. The zero-order valence-corrected chi connectivity index (χ0v) is 13.9. The van der Waals surface area contributed by atoms with E-state index in [-0.39, 0.29) is 0 Å². The molecule has 0 unspecified atom stereocenters. The van der Waals surface area contributed by atoms with Gasteiger partial charge in [-0.2, -0.15) is 8.42 Å². The van der Waals surface area contributed by atoms with E-state index in [1.807, 2.05) is 91.0 Å². The van der Waals surface area contributed by atoms with Gasteiger partial charge in [-0.1, -0.05) is 91.0 Å². The van der Waals surface area contributed by atoms with E-state index in [1.165, 1.54) is 0 Å². The second-order valence-electron chi connectivity index (χ2n) is 5.73. The molecule has 0 amide bonds. The van der Waals surface area contributed by atoms with Crippen molar-refractivity contribution in [3.63, 3.8) is 0 Å². The fourth-order valence-electron chi connectivity index (χ4n) is 3.19. The first-order valence-corrected chi connectivity index (χ1v) is 9.25. The van der Waals surface area contributed by atoms with Crippen LogP contribution in [-0.4, -0.2) is 18.7 Å². The van der Waals surface area contributed by atoms with E-state index in [2.05, 4.69) is 0 Å². The van der Waals surface area contributed by atoms with E-state index < -0.39 is 21.3 Å². The van der Waals surface area contributed by atoms with E-state index in [0.717, 1.165) is 16.7 Å². The van der Waals surface area contributed by atoms with Crippen molar-refractivity contribution < 1.29 is 13.0 Å². The van der Waals surface area contributed by atoms with Crippen LogP contribution in [0.1, 0.15) is 16.7 Å². The highest BCUT2D eigenvalue weighted by molar-refractivity contribution is 7.85. The van der Waals surface area contributed by atoms with Crippen LogP contribution < -0.4 is 0 Å². The second kappa shape index (κ2) is 6.59. The van der Waals surface area contributed by atoms with E-state index >= 15 is 0 Å². The SMILES string of the molecule is O=S(=O)(O)CC(c1ccccc1)(c1ccccc1)c1ccccc1. The molecule has 24 heavy (non-hydrogen) atoms. The van der Waals surface area contributed by atoms with Crippen molar-refractivity contribution in [3.8, 4) is 0 Å². The summed E-state index contributed by atoms with van der Waals surface area (Å²) in [6.45, 7) is 0. The molecule has 3 nitrogen and oxygen atoms in total. The van der Waals surface area contributed by atoms with Gasteiger partial charge in [0, 0.05) is 0 Å². The van der Waals surface area contributed by atoms with Crippen LogP contribution in [0, 0.1) is 0 Å². The molecular formula is C20H18O3S. The maximum absolute atomic E-state index is 11.9. The lowest BCUT2D eigenvalue weighted by atomic mass is 9.71. The molecule has 122 valence electrons. The minimum atomic E-state index is -4.23. The maximum Gasteiger partial charge on any atom is 0.266 e. The third-order valence-electron chi connectivity index (χ3n) is 4.20. The highest BCUT2D eigenvalue weighted by atomic mass is 32.2. The molecule has 0 saturated heterocycles. The third-order valence-corrected chi connectivity index (χ3v) is 5.00. The maximum atomic E-state index is 11.9. The summed E-state index contributed by atoms with van der Waals surface area (Å²) in [5.41, 5.74) is 1.48. The zero-order valence-electron chi connectivity index (χ0n) is 13.0. The fourth-order valence-corrected chi connectivity index (χ4v) is 4.24. The Balaban J connectivity index is 2.37. The molecule has 0 bridgehead atoms. The predicted molar refractivity (Wildman–Crippen MR) is 95.6 cm³/mol. The molecule has 0 atom stereocenters. The van der Waals surface area contributed by atoms with Crippen LogP contribution in [0.5, 0.6) is 0 Å². The molecule has 3 aromatic rings. The lowest BCUT2D eigenvalue weighted by Crippen LogP contribution is -2.37. The van der Waals surface area contributed by atoms with Crippen molar-refractivity contribution in [1.82, 2.24) is 0 Å². The van der Waals surface area contributed by atoms with Crippen molar-refractivity contribution >= 4 is 10.1 Å². The van der Waals surface area contributed by atoms with Gasteiger partial charge in [0.05, 0.1) is 11.2 Å². The Morgan fingerprint density at radius 1 is 0.625 bits per heavy atom. The van der Waals surface area contributed by atoms with Gasteiger partial charge >= 0.3 is 0 Å². The molecule has 1 N–H and O–H groups in total. The predicted octanol–water partition coefficient (Wildman–Crippen LogP) is 3.91. The molecule has 3 rings (SSSR count). The van der Waals surface area contributed by atoms with Crippen LogP contribution in [-0.2, 0) is 15.5 Å². The Labute approximate surface area is 142 Å². The van der Waals surface area contributed by atoms with Crippen molar-refractivity contribution in [2.24, 2.45) is 0 Å². The van der Waals surface area contributed by atoms with Crippen molar-refractivity contribution in [2.75, 3.05) is 5.75 Å². The Bertz CT molecular complexity index is 793. The van der Waals surface area contributed by atoms with Crippen molar-refractivity contribution in [1.29, 1.82) is 0 Å². The van der Waals surface area contributed by atoms with Crippen LogP contribution in [0.25, 0.3) is 0 Å². The van der Waals surface area contributed by atoms with Gasteiger partial charge in [-0.05, 0) is 16.7 Å². The lowest BCUT2D eigenvalue weighted by molar-refractivity contribution is 0.471. The van der Waals surface area contributed by atoms with Gasteiger partial charge in [-0.25, -0.2) is 0 Å². The topological polar surface area (TPSA) is 54.4 Å². The van der Waals surface area contributed by atoms with E-state index in [9.17, 15) is 13.0 Å². The summed E-state index contributed by atoms with van der Waals surface area (Å²) in [6, 6.07) is 28.3. The summed E-state index contributed by atoms with van der Waals surface area (Å²) >= 11 is 0. The van der Waals surface area contributed by atoms with Crippen molar-refractivity contribution in [3.05, 3.63) is 108 Å². The smallest absolute Gasteiger partial charge is 0.266 e. The number of rotatable bonds is 5. The fraction of sp³-hybridized carbons (Fsp3) is 0.100. The quantitative estimate of drug-likeness (QED) is 0.567. The number of benzene rings is 3. The average Bonchev–Trinajstić information content (AvgIpc) is 2.61. The summed E-state index contributed by atoms with van der Waals surface area (Å²) in [4.78, 5) is 0.